The lowest BCUT2D eigenvalue weighted by Crippen LogP contribution is -2.10. The van der Waals surface area contributed by atoms with Crippen molar-refractivity contribution in [2.24, 2.45) is 5.92 Å². The summed E-state index contributed by atoms with van der Waals surface area (Å²) in [6, 6.07) is 10.4. The fraction of sp³-hybridized carbons (Fsp3) is 0.400. The Morgan fingerprint density at radius 1 is 1.28 bits per heavy atom. The first-order valence-electron chi connectivity index (χ1n) is 6.59. The van der Waals surface area contributed by atoms with E-state index in [9.17, 15) is 0 Å². The molecular formula is C15H18N2O. The van der Waals surface area contributed by atoms with Crippen molar-refractivity contribution in [3.63, 3.8) is 0 Å². The zero-order valence-corrected chi connectivity index (χ0v) is 10.4. The second kappa shape index (κ2) is 5.36. The molecule has 0 aliphatic carbocycles. The van der Waals surface area contributed by atoms with E-state index in [1.165, 1.54) is 17.2 Å². The number of hydrogen-bond donors (Lipinski definition) is 1. The van der Waals surface area contributed by atoms with Crippen LogP contribution in [0, 0.1) is 5.92 Å². The van der Waals surface area contributed by atoms with E-state index in [2.05, 4.69) is 34.6 Å². The van der Waals surface area contributed by atoms with Crippen molar-refractivity contribution < 1.29 is 4.74 Å². The van der Waals surface area contributed by atoms with Crippen molar-refractivity contribution in [3.8, 4) is 0 Å². The molecule has 3 nitrogen and oxygen atoms in total. The minimum atomic E-state index is 0.715. The average molecular weight is 242 g/mol. The Morgan fingerprint density at radius 3 is 3.11 bits per heavy atom. The van der Waals surface area contributed by atoms with Crippen LogP contribution < -0.4 is 5.32 Å². The molecule has 0 amide bonds. The second-order valence-corrected chi connectivity index (χ2v) is 4.83. The van der Waals surface area contributed by atoms with Crippen molar-refractivity contribution in [2.45, 2.75) is 12.8 Å². The first kappa shape index (κ1) is 11.5. The Balaban J connectivity index is 1.66. The van der Waals surface area contributed by atoms with Gasteiger partial charge in [-0.3, -0.25) is 0 Å². The van der Waals surface area contributed by atoms with Gasteiger partial charge in [0.15, 0.2) is 0 Å². The number of ether oxygens (including phenoxy) is 1. The summed E-state index contributed by atoms with van der Waals surface area (Å²) in [6.45, 7) is 2.82. The van der Waals surface area contributed by atoms with E-state index in [1.807, 2.05) is 12.3 Å². The van der Waals surface area contributed by atoms with E-state index in [0.29, 0.717) is 5.92 Å². The van der Waals surface area contributed by atoms with Gasteiger partial charge in [-0.1, -0.05) is 24.3 Å². The zero-order chi connectivity index (χ0) is 12.2. The summed E-state index contributed by atoms with van der Waals surface area (Å²) < 4.78 is 5.39. The zero-order valence-electron chi connectivity index (χ0n) is 10.4. The van der Waals surface area contributed by atoms with Gasteiger partial charge in [0.1, 0.15) is 5.82 Å². The molecule has 1 fully saturated rings. The summed E-state index contributed by atoms with van der Waals surface area (Å²) in [7, 11) is 0. The summed E-state index contributed by atoms with van der Waals surface area (Å²) in [5.41, 5.74) is 0. The molecule has 94 valence electrons. The van der Waals surface area contributed by atoms with E-state index in [4.69, 9.17) is 4.74 Å². The van der Waals surface area contributed by atoms with Crippen LogP contribution in [0.25, 0.3) is 10.8 Å². The predicted molar refractivity (Wildman–Crippen MR) is 73.8 cm³/mol. The topological polar surface area (TPSA) is 34.1 Å². The molecule has 0 bridgehead atoms. The Morgan fingerprint density at radius 2 is 2.22 bits per heavy atom. The maximum Gasteiger partial charge on any atom is 0.133 e. The van der Waals surface area contributed by atoms with Gasteiger partial charge in [0.2, 0.25) is 0 Å². The smallest absolute Gasteiger partial charge is 0.133 e. The van der Waals surface area contributed by atoms with E-state index < -0.39 is 0 Å². The van der Waals surface area contributed by atoms with E-state index in [1.54, 1.807) is 0 Å². The van der Waals surface area contributed by atoms with E-state index in [-0.39, 0.29) is 0 Å². The number of anilines is 1. The fourth-order valence-corrected chi connectivity index (χ4v) is 2.47. The van der Waals surface area contributed by atoms with Crippen molar-refractivity contribution in [1.82, 2.24) is 4.98 Å². The third-order valence-electron chi connectivity index (χ3n) is 3.54. The average Bonchev–Trinajstić information content (AvgIpc) is 2.92. The lowest BCUT2D eigenvalue weighted by Gasteiger charge is -2.11. The molecule has 1 aromatic heterocycles. The van der Waals surface area contributed by atoms with Crippen LogP contribution in [0.3, 0.4) is 0 Å². The highest BCUT2D eigenvalue weighted by molar-refractivity contribution is 5.91. The highest BCUT2D eigenvalue weighted by Gasteiger charge is 2.14. The summed E-state index contributed by atoms with van der Waals surface area (Å²) in [6.07, 6.45) is 4.22. The van der Waals surface area contributed by atoms with Crippen LogP contribution in [0.5, 0.6) is 0 Å². The molecule has 2 aromatic rings. The quantitative estimate of drug-likeness (QED) is 0.894. The van der Waals surface area contributed by atoms with Crippen LogP contribution in [-0.2, 0) is 4.74 Å². The van der Waals surface area contributed by atoms with Gasteiger partial charge in [0.05, 0.1) is 0 Å². The molecule has 1 saturated heterocycles. The summed E-state index contributed by atoms with van der Waals surface area (Å²) in [4.78, 5) is 4.43. The molecule has 0 saturated carbocycles. The largest absolute Gasteiger partial charge is 0.381 e. The van der Waals surface area contributed by atoms with Crippen LogP contribution in [0.1, 0.15) is 12.8 Å². The van der Waals surface area contributed by atoms with Gasteiger partial charge in [-0.15, -0.1) is 0 Å². The van der Waals surface area contributed by atoms with Crippen molar-refractivity contribution in [3.05, 3.63) is 36.5 Å². The number of nitrogens with zero attached hydrogens (tertiary/aromatic N) is 1. The SMILES string of the molecule is c1ccc2c(NCCC3CCOC3)nccc2c1. The molecule has 0 radical (unpaired) electrons. The molecule has 1 aliphatic rings. The lowest BCUT2D eigenvalue weighted by molar-refractivity contribution is 0.185. The van der Waals surface area contributed by atoms with Crippen LogP contribution in [0.2, 0.25) is 0 Å². The van der Waals surface area contributed by atoms with Gasteiger partial charge < -0.3 is 10.1 Å². The highest BCUT2D eigenvalue weighted by atomic mass is 16.5. The molecule has 18 heavy (non-hydrogen) atoms. The molecule has 1 aromatic carbocycles. The Bertz CT molecular complexity index is 515. The van der Waals surface area contributed by atoms with Crippen LogP contribution >= 0.6 is 0 Å². The molecule has 1 N–H and O–H groups in total. The highest BCUT2D eigenvalue weighted by Crippen LogP contribution is 2.21. The van der Waals surface area contributed by atoms with Gasteiger partial charge in [-0.2, -0.15) is 0 Å². The van der Waals surface area contributed by atoms with Crippen LogP contribution in [0.15, 0.2) is 36.5 Å². The van der Waals surface area contributed by atoms with Gasteiger partial charge >= 0.3 is 0 Å². The van der Waals surface area contributed by atoms with E-state index >= 15 is 0 Å². The molecule has 0 spiro atoms. The predicted octanol–water partition coefficient (Wildman–Crippen LogP) is 3.07. The number of aromatic nitrogens is 1. The van der Waals surface area contributed by atoms with Gasteiger partial charge in [-0.25, -0.2) is 4.98 Å². The minimum Gasteiger partial charge on any atom is -0.381 e. The number of hydrogen-bond acceptors (Lipinski definition) is 3. The number of pyridine rings is 1. The third-order valence-corrected chi connectivity index (χ3v) is 3.54. The number of fused-ring (bicyclic) bond motifs is 1. The summed E-state index contributed by atoms with van der Waals surface area (Å²) in [5, 5.41) is 5.88. The molecule has 1 unspecified atom stereocenters. The third kappa shape index (κ3) is 2.46. The summed E-state index contributed by atoms with van der Waals surface area (Å²) in [5.74, 6) is 1.71. The number of nitrogens with one attached hydrogen (secondary N) is 1. The standard InChI is InChI=1S/C15H18N2O/c1-2-4-14-13(3-1)6-9-17-15(14)16-8-5-12-7-10-18-11-12/h1-4,6,9,12H,5,7-8,10-11H2,(H,16,17). The van der Waals surface area contributed by atoms with E-state index in [0.717, 1.165) is 32.0 Å². The van der Waals surface area contributed by atoms with Gasteiger partial charge in [0, 0.05) is 31.3 Å². The molecule has 1 aliphatic heterocycles. The molecule has 3 rings (SSSR count). The van der Waals surface area contributed by atoms with Gasteiger partial charge in [0.25, 0.3) is 0 Å². The van der Waals surface area contributed by atoms with Crippen molar-refractivity contribution in [2.75, 3.05) is 25.1 Å². The second-order valence-electron chi connectivity index (χ2n) is 4.83. The number of rotatable bonds is 4. The lowest BCUT2D eigenvalue weighted by atomic mass is 10.1. The molecular weight excluding hydrogens is 224 g/mol. The molecule has 3 heteroatoms. The molecule has 2 heterocycles. The monoisotopic (exact) mass is 242 g/mol. The maximum atomic E-state index is 5.39. The fourth-order valence-electron chi connectivity index (χ4n) is 2.47. The van der Waals surface area contributed by atoms with Crippen LogP contribution in [0.4, 0.5) is 5.82 Å². The number of benzene rings is 1. The Labute approximate surface area is 107 Å². The maximum absolute atomic E-state index is 5.39. The normalized spacial score (nSPS) is 19.2. The summed E-state index contributed by atoms with van der Waals surface area (Å²) >= 11 is 0. The Hall–Kier alpha value is -1.61. The first-order valence-corrected chi connectivity index (χ1v) is 6.59. The Kier molecular flexibility index (Phi) is 3.42. The molecule has 1 atom stereocenters. The van der Waals surface area contributed by atoms with Crippen LogP contribution in [-0.4, -0.2) is 24.7 Å². The van der Waals surface area contributed by atoms with Gasteiger partial charge in [-0.05, 0) is 30.2 Å². The first-order chi connectivity index (χ1) is 8.93. The van der Waals surface area contributed by atoms with Crippen molar-refractivity contribution in [1.29, 1.82) is 0 Å². The minimum absolute atomic E-state index is 0.715. The van der Waals surface area contributed by atoms with Crippen molar-refractivity contribution >= 4 is 16.6 Å².